The lowest BCUT2D eigenvalue weighted by atomic mass is 9.53. The first kappa shape index (κ1) is 18.9. The number of H-pyrrole nitrogens is 1. The molecule has 1 aromatic carbocycles. The van der Waals surface area contributed by atoms with E-state index in [0.717, 1.165) is 39.0 Å². The standard InChI is InChI=1S/C25H32N2O3/c1-24-8-4-9-25(15-29-25)22(24)11-18-19(23(28)30-21(18)12-24)14-26-10-7-16-13-27-20-6-3-2-5-17(16)20/h2-3,5-6,13,18-19,21-22,26-27H,4,7-12,14-15H2,1H3. The van der Waals surface area contributed by atoms with E-state index < -0.39 is 0 Å². The van der Waals surface area contributed by atoms with E-state index in [0.29, 0.717) is 11.8 Å². The number of epoxide rings is 1. The van der Waals surface area contributed by atoms with Crippen molar-refractivity contribution >= 4 is 16.9 Å². The average Bonchev–Trinajstić information content (AvgIpc) is 3.27. The third kappa shape index (κ3) is 2.93. The van der Waals surface area contributed by atoms with E-state index in [9.17, 15) is 4.79 Å². The molecule has 30 heavy (non-hydrogen) atoms. The number of carbonyl (C=O) groups is 1. The largest absolute Gasteiger partial charge is 0.462 e. The first-order valence-electron chi connectivity index (χ1n) is 11.7. The fraction of sp³-hybridized carbons (Fsp3) is 0.640. The molecule has 2 N–H and O–H groups in total. The summed E-state index contributed by atoms with van der Waals surface area (Å²) in [5.74, 6) is 0.927. The Hall–Kier alpha value is -1.85. The molecule has 4 fully saturated rings. The first-order chi connectivity index (χ1) is 14.6. The van der Waals surface area contributed by atoms with Crippen molar-refractivity contribution in [3.63, 3.8) is 0 Å². The van der Waals surface area contributed by atoms with Gasteiger partial charge in [-0.05, 0) is 68.0 Å². The van der Waals surface area contributed by atoms with Gasteiger partial charge in [0.15, 0.2) is 0 Å². The highest BCUT2D eigenvalue weighted by atomic mass is 16.6. The summed E-state index contributed by atoms with van der Waals surface area (Å²) in [5, 5.41) is 4.86. The number of benzene rings is 1. The fourth-order valence-corrected chi connectivity index (χ4v) is 7.01. The van der Waals surface area contributed by atoms with Crippen molar-refractivity contribution in [2.75, 3.05) is 19.7 Å². The zero-order valence-corrected chi connectivity index (χ0v) is 17.8. The predicted octanol–water partition coefficient (Wildman–Crippen LogP) is 3.83. The third-order valence-electron chi connectivity index (χ3n) is 8.69. The van der Waals surface area contributed by atoms with Crippen molar-refractivity contribution in [1.82, 2.24) is 10.3 Å². The van der Waals surface area contributed by atoms with E-state index in [1.54, 1.807) is 0 Å². The number of esters is 1. The van der Waals surface area contributed by atoms with Crippen molar-refractivity contribution in [2.45, 2.75) is 57.2 Å². The van der Waals surface area contributed by atoms with Crippen molar-refractivity contribution in [3.05, 3.63) is 36.0 Å². The van der Waals surface area contributed by atoms with Gasteiger partial charge in [-0.3, -0.25) is 4.79 Å². The molecule has 0 radical (unpaired) electrons. The van der Waals surface area contributed by atoms with Gasteiger partial charge in [0.05, 0.1) is 18.1 Å². The van der Waals surface area contributed by atoms with Crippen LogP contribution in [0.15, 0.2) is 30.5 Å². The van der Waals surface area contributed by atoms with E-state index >= 15 is 0 Å². The van der Waals surface area contributed by atoms with Gasteiger partial charge in [-0.25, -0.2) is 0 Å². The maximum atomic E-state index is 12.7. The molecular weight excluding hydrogens is 376 g/mol. The molecule has 2 saturated carbocycles. The van der Waals surface area contributed by atoms with E-state index in [1.165, 1.54) is 35.7 Å². The molecule has 0 amide bonds. The van der Waals surface area contributed by atoms with Crippen LogP contribution in [0.3, 0.4) is 0 Å². The molecule has 2 aliphatic carbocycles. The SMILES string of the molecule is CC12CCCC3(CO3)C1CC1C(C2)OC(=O)C1CNCCc1c[nH]c2ccccc12. The summed E-state index contributed by atoms with van der Waals surface area (Å²) >= 11 is 0. The summed E-state index contributed by atoms with van der Waals surface area (Å²) in [6.45, 7) is 4.93. The fourth-order valence-electron chi connectivity index (χ4n) is 7.01. The van der Waals surface area contributed by atoms with Crippen LogP contribution < -0.4 is 5.32 Å². The van der Waals surface area contributed by atoms with Crippen molar-refractivity contribution in [1.29, 1.82) is 0 Å². The van der Waals surface area contributed by atoms with Crippen LogP contribution in [0.25, 0.3) is 10.9 Å². The molecule has 4 aliphatic rings. The number of rotatable bonds is 5. The minimum atomic E-state index is -0.0137. The highest BCUT2D eigenvalue weighted by molar-refractivity contribution is 5.83. The molecule has 6 atom stereocenters. The van der Waals surface area contributed by atoms with Gasteiger partial charge in [0.1, 0.15) is 6.10 Å². The lowest BCUT2D eigenvalue weighted by molar-refractivity contribution is -0.147. The zero-order valence-electron chi connectivity index (χ0n) is 17.8. The molecule has 2 aromatic rings. The molecule has 6 unspecified atom stereocenters. The number of aromatic amines is 1. The second-order valence-corrected chi connectivity index (χ2v) is 10.4. The summed E-state index contributed by atoms with van der Waals surface area (Å²) in [7, 11) is 0. The van der Waals surface area contributed by atoms with Gasteiger partial charge in [0.25, 0.3) is 0 Å². The van der Waals surface area contributed by atoms with Crippen LogP contribution >= 0.6 is 0 Å². The van der Waals surface area contributed by atoms with Gasteiger partial charge in [-0.15, -0.1) is 0 Å². The van der Waals surface area contributed by atoms with Crippen molar-refractivity contribution in [3.8, 4) is 0 Å². The lowest BCUT2D eigenvalue weighted by Gasteiger charge is -2.51. The smallest absolute Gasteiger partial charge is 0.310 e. The highest BCUT2D eigenvalue weighted by Crippen LogP contribution is 2.62. The number of para-hydroxylation sites is 1. The van der Waals surface area contributed by atoms with Gasteiger partial charge in [-0.1, -0.05) is 25.1 Å². The number of carbonyl (C=O) groups excluding carboxylic acids is 1. The molecule has 2 aliphatic heterocycles. The van der Waals surface area contributed by atoms with Crippen LogP contribution in [0, 0.1) is 23.2 Å². The average molecular weight is 409 g/mol. The summed E-state index contributed by atoms with van der Waals surface area (Å²) in [6.07, 6.45) is 8.96. The van der Waals surface area contributed by atoms with Gasteiger partial charge in [0.2, 0.25) is 0 Å². The van der Waals surface area contributed by atoms with Gasteiger partial charge < -0.3 is 19.8 Å². The van der Waals surface area contributed by atoms with Crippen LogP contribution in [0.5, 0.6) is 0 Å². The number of ether oxygens (including phenoxy) is 2. The van der Waals surface area contributed by atoms with Crippen molar-refractivity contribution < 1.29 is 14.3 Å². The third-order valence-corrected chi connectivity index (χ3v) is 8.69. The number of hydrogen-bond donors (Lipinski definition) is 2. The maximum absolute atomic E-state index is 12.7. The Kier molecular flexibility index (Phi) is 4.30. The molecule has 6 rings (SSSR count). The van der Waals surface area contributed by atoms with E-state index in [1.807, 2.05) is 0 Å². The number of nitrogens with one attached hydrogen (secondary N) is 2. The molecule has 1 spiro atoms. The highest BCUT2D eigenvalue weighted by Gasteiger charge is 2.64. The normalized spacial score (nSPS) is 39.7. The van der Waals surface area contributed by atoms with E-state index in [2.05, 4.69) is 47.7 Å². The van der Waals surface area contributed by atoms with Gasteiger partial charge >= 0.3 is 5.97 Å². The zero-order chi connectivity index (χ0) is 20.3. The Morgan fingerprint density at radius 2 is 2.13 bits per heavy atom. The van der Waals surface area contributed by atoms with Gasteiger partial charge in [-0.2, -0.15) is 0 Å². The molecule has 5 nitrogen and oxygen atoms in total. The monoisotopic (exact) mass is 408 g/mol. The molecule has 2 saturated heterocycles. The number of aromatic nitrogens is 1. The van der Waals surface area contributed by atoms with Crippen molar-refractivity contribution in [2.24, 2.45) is 23.2 Å². The van der Waals surface area contributed by atoms with Crippen LogP contribution in [0.2, 0.25) is 0 Å². The van der Waals surface area contributed by atoms with Crippen LogP contribution in [-0.4, -0.2) is 42.4 Å². The van der Waals surface area contributed by atoms with Gasteiger partial charge in [0, 0.05) is 29.6 Å². The predicted molar refractivity (Wildman–Crippen MR) is 115 cm³/mol. The number of hydrogen-bond acceptors (Lipinski definition) is 4. The topological polar surface area (TPSA) is 66.7 Å². The molecule has 3 heterocycles. The summed E-state index contributed by atoms with van der Waals surface area (Å²) in [4.78, 5) is 16.1. The quantitative estimate of drug-likeness (QED) is 0.448. The lowest BCUT2D eigenvalue weighted by Crippen LogP contribution is -2.51. The molecule has 5 heteroatoms. The number of fused-ring (bicyclic) bond motifs is 4. The van der Waals surface area contributed by atoms with Crippen LogP contribution in [0.4, 0.5) is 0 Å². The Morgan fingerprint density at radius 3 is 3.00 bits per heavy atom. The molecule has 0 bridgehead atoms. The van der Waals surface area contributed by atoms with E-state index in [4.69, 9.17) is 9.47 Å². The Bertz CT molecular complexity index is 964. The van der Waals surface area contributed by atoms with Crippen LogP contribution in [0.1, 0.15) is 44.6 Å². The maximum Gasteiger partial charge on any atom is 0.310 e. The summed E-state index contributed by atoms with van der Waals surface area (Å²) < 4.78 is 11.9. The minimum Gasteiger partial charge on any atom is -0.462 e. The Balaban J connectivity index is 1.10. The minimum absolute atomic E-state index is 0.0117. The van der Waals surface area contributed by atoms with E-state index in [-0.39, 0.29) is 29.0 Å². The molecule has 1 aromatic heterocycles. The summed E-state index contributed by atoms with van der Waals surface area (Å²) in [6, 6.07) is 8.42. The second kappa shape index (κ2) is 6.83. The Morgan fingerprint density at radius 1 is 1.27 bits per heavy atom. The Labute approximate surface area is 177 Å². The molecular formula is C25H32N2O3. The summed E-state index contributed by atoms with van der Waals surface area (Å²) in [5.41, 5.74) is 2.90. The van der Waals surface area contributed by atoms with Crippen LogP contribution in [-0.2, 0) is 20.7 Å². The molecule has 160 valence electrons. The first-order valence-corrected chi connectivity index (χ1v) is 11.7. The second-order valence-electron chi connectivity index (χ2n) is 10.4.